The maximum Gasteiger partial charge on any atom is 0.407 e. The number of fused-ring (bicyclic) bond motifs is 3. The first-order chi connectivity index (χ1) is 16.6. The topological polar surface area (TPSA) is 95.9 Å². The lowest BCUT2D eigenvalue weighted by Crippen LogP contribution is -2.58. The summed E-state index contributed by atoms with van der Waals surface area (Å²) in [4.78, 5) is 38.9. The first-order valence-electron chi connectivity index (χ1n) is 12.3. The molecule has 2 amide bonds. The molecule has 1 fully saturated rings. The standard InChI is InChI=1S/C28H34N2O5/c1-27(2,3)30(16-13-24(31)32)25(33)28(14-8-15-28)18-29-26(34)35-17-23-21-11-6-4-9-19(21)20-10-5-7-12-22(20)23/h4-7,9-12,23H,8,13-18H2,1-3H3,(H,29,34)(H,31,32). The van der Waals surface area contributed by atoms with Crippen molar-refractivity contribution in [3.63, 3.8) is 0 Å². The molecule has 0 saturated heterocycles. The van der Waals surface area contributed by atoms with Crippen molar-refractivity contribution in [1.29, 1.82) is 0 Å². The summed E-state index contributed by atoms with van der Waals surface area (Å²) in [6, 6.07) is 16.3. The number of amides is 2. The van der Waals surface area contributed by atoms with Gasteiger partial charge in [-0.25, -0.2) is 4.79 Å². The molecule has 0 radical (unpaired) electrons. The van der Waals surface area contributed by atoms with Gasteiger partial charge in [-0.1, -0.05) is 55.0 Å². The van der Waals surface area contributed by atoms with Crippen molar-refractivity contribution in [2.24, 2.45) is 5.41 Å². The van der Waals surface area contributed by atoms with Gasteiger partial charge in [-0.15, -0.1) is 0 Å². The van der Waals surface area contributed by atoms with E-state index in [2.05, 4.69) is 29.6 Å². The Hall–Kier alpha value is -3.35. The summed E-state index contributed by atoms with van der Waals surface area (Å²) in [7, 11) is 0. The summed E-state index contributed by atoms with van der Waals surface area (Å²) in [6.45, 7) is 6.24. The van der Waals surface area contributed by atoms with E-state index in [0.29, 0.717) is 12.8 Å². The monoisotopic (exact) mass is 478 g/mol. The smallest absolute Gasteiger partial charge is 0.407 e. The Kier molecular flexibility index (Phi) is 6.88. The Morgan fingerprint density at radius 1 is 1.03 bits per heavy atom. The predicted octanol–water partition coefficient (Wildman–Crippen LogP) is 4.80. The van der Waals surface area contributed by atoms with E-state index in [1.807, 2.05) is 45.0 Å². The number of hydrogen-bond donors (Lipinski definition) is 2. The average Bonchev–Trinajstić information content (AvgIpc) is 3.10. The van der Waals surface area contributed by atoms with Crippen LogP contribution < -0.4 is 5.32 Å². The number of aliphatic carboxylic acids is 1. The van der Waals surface area contributed by atoms with Crippen LogP contribution in [0, 0.1) is 5.41 Å². The Morgan fingerprint density at radius 2 is 1.60 bits per heavy atom. The fourth-order valence-corrected chi connectivity index (χ4v) is 5.20. The van der Waals surface area contributed by atoms with Crippen LogP contribution in [0.1, 0.15) is 63.5 Å². The molecule has 7 nitrogen and oxygen atoms in total. The van der Waals surface area contributed by atoms with Crippen LogP contribution in [0.5, 0.6) is 0 Å². The largest absolute Gasteiger partial charge is 0.481 e. The van der Waals surface area contributed by atoms with E-state index in [0.717, 1.165) is 17.5 Å². The van der Waals surface area contributed by atoms with E-state index in [4.69, 9.17) is 9.84 Å². The van der Waals surface area contributed by atoms with Crippen molar-refractivity contribution in [3.05, 3.63) is 59.7 Å². The summed E-state index contributed by atoms with van der Waals surface area (Å²) < 4.78 is 5.64. The van der Waals surface area contributed by atoms with Gasteiger partial charge in [-0.2, -0.15) is 0 Å². The fourth-order valence-electron chi connectivity index (χ4n) is 5.20. The van der Waals surface area contributed by atoms with E-state index in [9.17, 15) is 14.4 Å². The third-order valence-corrected chi connectivity index (χ3v) is 7.28. The molecule has 2 aromatic rings. The van der Waals surface area contributed by atoms with E-state index < -0.39 is 23.0 Å². The van der Waals surface area contributed by atoms with Gasteiger partial charge in [-0.05, 0) is 55.9 Å². The van der Waals surface area contributed by atoms with Gasteiger partial charge in [0.1, 0.15) is 6.61 Å². The zero-order valence-electron chi connectivity index (χ0n) is 20.7. The molecule has 0 bridgehead atoms. The molecule has 1 saturated carbocycles. The van der Waals surface area contributed by atoms with Crippen LogP contribution in [0.4, 0.5) is 4.79 Å². The molecule has 7 heteroatoms. The SMILES string of the molecule is CC(C)(C)N(CCC(=O)O)C(=O)C1(CNC(=O)OCC2c3ccccc3-c3ccccc32)CCC1. The molecule has 0 heterocycles. The molecular formula is C28H34N2O5. The van der Waals surface area contributed by atoms with Crippen molar-refractivity contribution in [2.45, 2.75) is 57.9 Å². The second kappa shape index (κ2) is 9.72. The number of carbonyl (C=O) groups excluding carboxylic acids is 2. The minimum Gasteiger partial charge on any atom is -0.481 e. The van der Waals surface area contributed by atoms with Crippen molar-refractivity contribution in [1.82, 2.24) is 10.2 Å². The molecule has 0 atom stereocenters. The second-order valence-electron chi connectivity index (χ2n) is 10.6. The zero-order valence-corrected chi connectivity index (χ0v) is 20.7. The molecule has 35 heavy (non-hydrogen) atoms. The highest BCUT2D eigenvalue weighted by atomic mass is 16.5. The zero-order chi connectivity index (χ0) is 25.2. The van der Waals surface area contributed by atoms with Gasteiger partial charge >= 0.3 is 12.1 Å². The maximum absolute atomic E-state index is 13.5. The van der Waals surface area contributed by atoms with Crippen molar-refractivity contribution < 1.29 is 24.2 Å². The number of nitrogens with zero attached hydrogens (tertiary/aromatic N) is 1. The number of ether oxygens (including phenoxy) is 1. The number of alkyl carbamates (subject to hydrolysis) is 1. The summed E-state index contributed by atoms with van der Waals surface area (Å²) in [6.07, 6.45) is 1.57. The lowest BCUT2D eigenvalue weighted by molar-refractivity contribution is -0.153. The molecule has 0 unspecified atom stereocenters. The molecule has 2 N–H and O–H groups in total. The van der Waals surface area contributed by atoms with Crippen LogP contribution in [-0.4, -0.2) is 53.2 Å². The first-order valence-corrected chi connectivity index (χ1v) is 12.3. The normalized spacial score (nSPS) is 16.0. The van der Waals surface area contributed by atoms with Gasteiger partial charge < -0.3 is 20.1 Å². The van der Waals surface area contributed by atoms with Gasteiger partial charge in [-0.3, -0.25) is 9.59 Å². The lowest BCUT2D eigenvalue weighted by atomic mass is 9.67. The van der Waals surface area contributed by atoms with Gasteiger partial charge in [0.2, 0.25) is 5.91 Å². The quantitative estimate of drug-likeness (QED) is 0.568. The summed E-state index contributed by atoms with van der Waals surface area (Å²) in [5.74, 6) is -1.07. The Labute approximate surface area is 206 Å². The predicted molar refractivity (Wildman–Crippen MR) is 133 cm³/mol. The van der Waals surface area contributed by atoms with Crippen LogP contribution >= 0.6 is 0 Å². The molecule has 4 rings (SSSR count). The van der Waals surface area contributed by atoms with Crippen molar-refractivity contribution >= 4 is 18.0 Å². The molecular weight excluding hydrogens is 444 g/mol. The number of carbonyl (C=O) groups is 3. The van der Waals surface area contributed by atoms with E-state index >= 15 is 0 Å². The number of benzene rings is 2. The van der Waals surface area contributed by atoms with Gasteiger partial charge in [0.05, 0.1) is 11.8 Å². The third-order valence-electron chi connectivity index (χ3n) is 7.28. The minimum absolute atomic E-state index is 0.0279. The number of nitrogens with one attached hydrogen (secondary N) is 1. The fraction of sp³-hybridized carbons (Fsp3) is 0.464. The van der Waals surface area contributed by atoms with Gasteiger partial charge in [0, 0.05) is 24.5 Å². The number of carboxylic acid groups (broad SMARTS) is 1. The molecule has 0 aromatic heterocycles. The van der Waals surface area contributed by atoms with Crippen LogP contribution in [0.25, 0.3) is 11.1 Å². The highest BCUT2D eigenvalue weighted by molar-refractivity contribution is 5.85. The van der Waals surface area contributed by atoms with Crippen LogP contribution in [-0.2, 0) is 14.3 Å². The lowest BCUT2D eigenvalue weighted by Gasteiger charge is -2.47. The van der Waals surface area contributed by atoms with Crippen LogP contribution in [0.2, 0.25) is 0 Å². The molecule has 2 aliphatic rings. The Morgan fingerprint density at radius 3 is 2.09 bits per heavy atom. The average molecular weight is 479 g/mol. The number of rotatable bonds is 8. The van der Waals surface area contributed by atoms with Crippen LogP contribution in [0.15, 0.2) is 48.5 Å². The van der Waals surface area contributed by atoms with Gasteiger partial charge in [0.15, 0.2) is 0 Å². The minimum atomic E-state index is -0.938. The maximum atomic E-state index is 13.5. The summed E-state index contributed by atoms with van der Waals surface area (Å²) in [5, 5.41) is 11.9. The van der Waals surface area contributed by atoms with Crippen molar-refractivity contribution in [3.8, 4) is 11.1 Å². The molecule has 0 spiro atoms. The molecule has 2 aliphatic carbocycles. The Balaban J connectivity index is 1.39. The van der Waals surface area contributed by atoms with Crippen molar-refractivity contribution in [2.75, 3.05) is 19.7 Å². The number of carboxylic acids is 1. The summed E-state index contributed by atoms with van der Waals surface area (Å²) >= 11 is 0. The van der Waals surface area contributed by atoms with Crippen LogP contribution in [0.3, 0.4) is 0 Å². The van der Waals surface area contributed by atoms with E-state index in [-0.39, 0.29) is 37.9 Å². The third kappa shape index (κ3) is 5.04. The number of hydrogen-bond acceptors (Lipinski definition) is 4. The van der Waals surface area contributed by atoms with E-state index in [1.54, 1.807) is 4.90 Å². The molecule has 0 aliphatic heterocycles. The highest BCUT2D eigenvalue weighted by Crippen LogP contribution is 2.45. The molecule has 186 valence electrons. The summed E-state index contributed by atoms with van der Waals surface area (Å²) in [5.41, 5.74) is 3.40. The van der Waals surface area contributed by atoms with Gasteiger partial charge in [0.25, 0.3) is 0 Å². The first kappa shape index (κ1) is 24.8. The van der Waals surface area contributed by atoms with E-state index in [1.165, 1.54) is 11.1 Å². The molecule has 2 aromatic carbocycles. The highest BCUT2D eigenvalue weighted by Gasteiger charge is 2.48. The second-order valence-corrected chi connectivity index (χ2v) is 10.6. The Bertz CT molecular complexity index is 1070.